The van der Waals surface area contributed by atoms with Crippen LogP contribution in [0.2, 0.25) is 0 Å². The quantitative estimate of drug-likeness (QED) is 0.757. The van der Waals surface area contributed by atoms with Gasteiger partial charge in [0.15, 0.2) is 0 Å². The van der Waals surface area contributed by atoms with Crippen molar-refractivity contribution in [3.8, 4) is 0 Å². The highest BCUT2D eigenvalue weighted by molar-refractivity contribution is 5.55. The Morgan fingerprint density at radius 3 is 2.70 bits per heavy atom. The van der Waals surface area contributed by atoms with Crippen LogP contribution in [0.25, 0.3) is 5.78 Å². The van der Waals surface area contributed by atoms with Crippen molar-refractivity contribution in [3.05, 3.63) is 52.5 Å². The van der Waals surface area contributed by atoms with Gasteiger partial charge in [0.05, 0.1) is 5.56 Å². The molecule has 0 saturated carbocycles. The van der Waals surface area contributed by atoms with Gasteiger partial charge in [0.2, 0.25) is 0 Å². The van der Waals surface area contributed by atoms with Gasteiger partial charge in [-0.25, -0.2) is 0 Å². The maximum atomic E-state index is 13.0. The van der Waals surface area contributed by atoms with E-state index in [1.165, 1.54) is 12.1 Å². The summed E-state index contributed by atoms with van der Waals surface area (Å²) in [6.07, 6.45) is -4.37. The molecule has 0 radical (unpaired) electrons. The van der Waals surface area contributed by atoms with Gasteiger partial charge in [0, 0.05) is 30.4 Å². The van der Waals surface area contributed by atoms with Crippen molar-refractivity contribution in [1.29, 1.82) is 0 Å². The molecule has 6 nitrogen and oxygen atoms in total. The molecule has 9 heteroatoms. The minimum absolute atomic E-state index is 0.346. The molecule has 0 amide bonds. The van der Waals surface area contributed by atoms with Crippen molar-refractivity contribution < 1.29 is 13.2 Å². The Labute approximate surface area is 154 Å². The van der Waals surface area contributed by atoms with Crippen LogP contribution in [0.3, 0.4) is 0 Å². The number of anilines is 1. The Morgan fingerprint density at radius 1 is 1.19 bits per heavy atom. The zero-order chi connectivity index (χ0) is 19.3. The van der Waals surface area contributed by atoms with Gasteiger partial charge < -0.3 is 5.32 Å². The van der Waals surface area contributed by atoms with E-state index >= 15 is 0 Å². The van der Waals surface area contributed by atoms with Crippen molar-refractivity contribution in [2.45, 2.75) is 39.2 Å². The topological polar surface area (TPSA) is 58.4 Å². The van der Waals surface area contributed by atoms with E-state index in [0.717, 1.165) is 29.7 Å². The van der Waals surface area contributed by atoms with E-state index in [-0.39, 0.29) is 6.04 Å². The second-order valence-corrected chi connectivity index (χ2v) is 6.93. The summed E-state index contributed by atoms with van der Waals surface area (Å²) in [5.74, 6) is 1.89. The molecule has 142 valence electrons. The molecule has 0 unspecified atom stereocenters. The lowest BCUT2D eigenvalue weighted by Crippen LogP contribution is -2.14. The standard InChI is InChI=1S/C18H19F3N6/c1-10(12-5-4-6-13(7-12)18(19,20)21)22-16-14-8-26(3)9-15(14)27-11(2)24-25-17(27)23-16/h4-7,10H,8-9H2,1-3H3,(H,22,23,25)/t10-/m1/s1. The zero-order valence-electron chi connectivity index (χ0n) is 15.2. The molecule has 1 N–H and O–H groups in total. The van der Waals surface area contributed by atoms with Gasteiger partial charge in [0.25, 0.3) is 5.78 Å². The minimum atomic E-state index is -4.37. The first kappa shape index (κ1) is 17.7. The first-order valence-electron chi connectivity index (χ1n) is 8.60. The third kappa shape index (κ3) is 3.12. The summed E-state index contributed by atoms with van der Waals surface area (Å²) in [6.45, 7) is 5.13. The molecular weight excluding hydrogens is 357 g/mol. The lowest BCUT2D eigenvalue weighted by molar-refractivity contribution is -0.137. The van der Waals surface area contributed by atoms with E-state index in [0.29, 0.717) is 23.7 Å². The fraction of sp³-hybridized carbons (Fsp3) is 0.389. The average Bonchev–Trinajstić information content (AvgIpc) is 3.17. The van der Waals surface area contributed by atoms with Crippen molar-refractivity contribution in [1.82, 2.24) is 24.5 Å². The number of nitrogens with one attached hydrogen (secondary N) is 1. The lowest BCUT2D eigenvalue weighted by Gasteiger charge is -2.19. The highest BCUT2D eigenvalue weighted by Crippen LogP contribution is 2.33. The fourth-order valence-corrected chi connectivity index (χ4v) is 3.48. The predicted molar refractivity (Wildman–Crippen MR) is 94.2 cm³/mol. The van der Waals surface area contributed by atoms with Gasteiger partial charge in [-0.2, -0.15) is 18.2 Å². The molecule has 1 atom stereocenters. The van der Waals surface area contributed by atoms with Gasteiger partial charge in [0.1, 0.15) is 11.6 Å². The van der Waals surface area contributed by atoms with Crippen LogP contribution >= 0.6 is 0 Å². The average molecular weight is 376 g/mol. The Bertz CT molecular complexity index is 1010. The maximum absolute atomic E-state index is 13.0. The predicted octanol–water partition coefficient (Wildman–Crippen LogP) is 3.57. The number of nitrogens with zero attached hydrogens (tertiary/aromatic N) is 5. The number of alkyl halides is 3. The van der Waals surface area contributed by atoms with E-state index in [1.54, 1.807) is 6.07 Å². The SMILES string of the molecule is Cc1nnc2nc(N[C@H](C)c3cccc(C(F)(F)F)c3)c3c(n12)CN(C)C3. The summed E-state index contributed by atoms with van der Waals surface area (Å²) < 4.78 is 40.9. The van der Waals surface area contributed by atoms with E-state index in [9.17, 15) is 13.2 Å². The second kappa shape index (κ2) is 6.19. The molecule has 0 bridgehead atoms. The van der Waals surface area contributed by atoms with Crippen LogP contribution in [0.15, 0.2) is 24.3 Å². The van der Waals surface area contributed by atoms with Crippen LogP contribution in [0.5, 0.6) is 0 Å². The zero-order valence-corrected chi connectivity index (χ0v) is 15.2. The van der Waals surface area contributed by atoms with Crippen LogP contribution in [0.1, 0.15) is 41.2 Å². The number of rotatable bonds is 3. The number of benzene rings is 1. The van der Waals surface area contributed by atoms with Crippen LogP contribution < -0.4 is 5.32 Å². The fourth-order valence-electron chi connectivity index (χ4n) is 3.48. The van der Waals surface area contributed by atoms with Crippen molar-refractivity contribution >= 4 is 11.6 Å². The molecule has 3 heterocycles. The Balaban J connectivity index is 1.71. The molecule has 0 spiro atoms. The van der Waals surface area contributed by atoms with Gasteiger partial charge in [-0.3, -0.25) is 9.30 Å². The molecule has 0 aliphatic carbocycles. The van der Waals surface area contributed by atoms with Gasteiger partial charge in [-0.15, -0.1) is 10.2 Å². The second-order valence-electron chi connectivity index (χ2n) is 6.93. The van der Waals surface area contributed by atoms with Crippen LogP contribution in [0.4, 0.5) is 19.0 Å². The molecule has 0 saturated heterocycles. The Hall–Kier alpha value is -2.68. The summed E-state index contributed by atoms with van der Waals surface area (Å²) in [5.41, 5.74) is 1.97. The molecule has 27 heavy (non-hydrogen) atoms. The summed E-state index contributed by atoms with van der Waals surface area (Å²) >= 11 is 0. The molecule has 4 rings (SSSR count). The van der Waals surface area contributed by atoms with Crippen LogP contribution in [-0.4, -0.2) is 31.5 Å². The maximum Gasteiger partial charge on any atom is 0.416 e. The molecular formula is C18H19F3N6. The third-order valence-electron chi connectivity index (χ3n) is 4.84. The van der Waals surface area contributed by atoms with E-state index < -0.39 is 11.7 Å². The molecule has 1 aliphatic heterocycles. The molecule has 2 aromatic heterocycles. The molecule has 0 fully saturated rings. The Morgan fingerprint density at radius 2 is 1.96 bits per heavy atom. The first-order chi connectivity index (χ1) is 12.7. The van der Waals surface area contributed by atoms with Crippen LogP contribution in [0, 0.1) is 6.92 Å². The number of fused-ring (bicyclic) bond motifs is 3. The van der Waals surface area contributed by atoms with Gasteiger partial charge >= 0.3 is 6.18 Å². The van der Waals surface area contributed by atoms with Crippen molar-refractivity contribution in [2.75, 3.05) is 12.4 Å². The number of aromatic nitrogens is 4. The molecule has 1 aliphatic rings. The Kier molecular flexibility index (Phi) is 4.06. The number of hydrogen-bond donors (Lipinski definition) is 1. The highest BCUT2D eigenvalue weighted by Gasteiger charge is 2.31. The van der Waals surface area contributed by atoms with Gasteiger partial charge in [-0.05, 0) is 38.6 Å². The summed E-state index contributed by atoms with van der Waals surface area (Å²) in [4.78, 5) is 6.71. The highest BCUT2D eigenvalue weighted by atomic mass is 19.4. The number of aryl methyl sites for hydroxylation is 1. The van der Waals surface area contributed by atoms with E-state index in [2.05, 4.69) is 25.4 Å². The molecule has 3 aromatic rings. The smallest absolute Gasteiger partial charge is 0.363 e. The summed E-state index contributed by atoms with van der Waals surface area (Å²) in [5, 5.41) is 11.5. The van der Waals surface area contributed by atoms with E-state index in [1.807, 2.05) is 25.3 Å². The first-order valence-corrected chi connectivity index (χ1v) is 8.60. The monoisotopic (exact) mass is 376 g/mol. The summed E-state index contributed by atoms with van der Waals surface area (Å²) in [7, 11) is 2.01. The third-order valence-corrected chi connectivity index (χ3v) is 4.84. The van der Waals surface area contributed by atoms with Crippen molar-refractivity contribution in [3.63, 3.8) is 0 Å². The number of halogens is 3. The molecule has 1 aromatic carbocycles. The minimum Gasteiger partial charge on any atom is -0.363 e. The number of hydrogen-bond acceptors (Lipinski definition) is 5. The summed E-state index contributed by atoms with van der Waals surface area (Å²) in [6, 6.07) is 5.00. The lowest BCUT2D eigenvalue weighted by atomic mass is 10.0. The normalized spacial score (nSPS) is 15.9. The van der Waals surface area contributed by atoms with Gasteiger partial charge in [-0.1, -0.05) is 12.1 Å². The van der Waals surface area contributed by atoms with Crippen LogP contribution in [-0.2, 0) is 19.3 Å². The van der Waals surface area contributed by atoms with E-state index in [4.69, 9.17) is 0 Å². The van der Waals surface area contributed by atoms with Crippen molar-refractivity contribution in [2.24, 2.45) is 0 Å². The largest absolute Gasteiger partial charge is 0.416 e.